The first-order valence-corrected chi connectivity index (χ1v) is 16.0. The van der Waals surface area contributed by atoms with Crippen LogP contribution in [0.2, 0.25) is 0 Å². The summed E-state index contributed by atoms with van der Waals surface area (Å²) in [5, 5.41) is 1.86. The Morgan fingerprint density at radius 3 is 1.52 bits per heavy atom. The fourth-order valence-corrected chi connectivity index (χ4v) is 5.65. The predicted molar refractivity (Wildman–Crippen MR) is 188 cm³/mol. The van der Waals surface area contributed by atoms with Gasteiger partial charge in [-0.2, -0.15) is 13.2 Å². The quantitative estimate of drug-likeness (QED) is 0.147. The van der Waals surface area contributed by atoms with E-state index in [0.717, 1.165) is 33.6 Å². The summed E-state index contributed by atoms with van der Waals surface area (Å²) < 4.78 is 65.5. The number of benzene rings is 4. The van der Waals surface area contributed by atoms with Crippen LogP contribution < -0.4 is 18.9 Å². The number of halogens is 3. The summed E-state index contributed by atoms with van der Waals surface area (Å²) in [6.07, 6.45) is -1.26. The molecule has 256 valence electrons. The molecule has 0 saturated heterocycles. The van der Waals surface area contributed by atoms with E-state index in [1.165, 1.54) is 12.1 Å². The summed E-state index contributed by atoms with van der Waals surface area (Å²) in [5.41, 5.74) is 1.38. The van der Waals surface area contributed by atoms with Crippen LogP contribution in [0.5, 0.6) is 46.3 Å². The lowest BCUT2D eigenvalue weighted by atomic mass is 10.1. The minimum Gasteiger partial charge on any atom is -0.457 e. The van der Waals surface area contributed by atoms with Crippen molar-refractivity contribution in [1.29, 1.82) is 0 Å². The molecule has 8 rings (SSSR count). The zero-order chi connectivity index (χ0) is 35.7. The summed E-state index contributed by atoms with van der Waals surface area (Å²) in [6, 6.07) is 36.1. The van der Waals surface area contributed by atoms with Crippen LogP contribution in [0, 0.1) is 6.92 Å². The van der Waals surface area contributed by atoms with Gasteiger partial charge in [-0.15, -0.1) is 0 Å². The molecule has 4 heterocycles. The van der Waals surface area contributed by atoms with Gasteiger partial charge >= 0.3 is 6.18 Å². The standard InChI is InChI=1S/C40H26F3N5O4/c1-25-7-2-13-37(46-25)51-28-10-3-8-26(21-28)49-30-15-17-32-33-18-16-31(24-35(33)48(34(32)23-30)39-44-19-6-20-45-39)50-27-9-4-11-29(22-27)52-38-14-5-12-36(47-38)40(41,42)43/h2-24H,1H3. The number of ether oxygens (including phenoxy) is 4. The maximum Gasteiger partial charge on any atom is 0.433 e. The molecule has 0 saturated carbocycles. The van der Waals surface area contributed by atoms with E-state index in [1.54, 1.807) is 54.9 Å². The molecular weight excluding hydrogens is 671 g/mol. The summed E-state index contributed by atoms with van der Waals surface area (Å²) >= 11 is 0. The fraction of sp³-hybridized carbons (Fsp3) is 0.0500. The van der Waals surface area contributed by atoms with Crippen LogP contribution in [-0.2, 0) is 6.18 Å². The largest absolute Gasteiger partial charge is 0.457 e. The maximum absolute atomic E-state index is 13.2. The van der Waals surface area contributed by atoms with E-state index in [1.807, 2.05) is 78.2 Å². The first kappa shape index (κ1) is 32.3. The molecule has 0 unspecified atom stereocenters. The van der Waals surface area contributed by atoms with Crippen LogP contribution in [0.4, 0.5) is 13.2 Å². The van der Waals surface area contributed by atoms with Crippen LogP contribution in [0.25, 0.3) is 27.8 Å². The third-order valence-electron chi connectivity index (χ3n) is 7.87. The van der Waals surface area contributed by atoms with Gasteiger partial charge in [0, 0.05) is 65.3 Å². The van der Waals surface area contributed by atoms with Gasteiger partial charge in [0.2, 0.25) is 17.7 Å². The van der Waals surface area contributed by atoms with Crippen molar-refractivity contribution in [1.82, 2.24) is 24.5 Å². The molecule has 0 fully saturated rings. The molecular formula is C40H26F3N5O4. The fourth-order valence-electron chi connectivity index (χ4n) is 5.65. The lowest BCUT2D eigenvalue weighted by Gasteiger charge is -2.11. The van der Waals surface area contributed by atoms with Crippen LogP contribution >= 0.6 is 0 Å². The number of hydrogen-bond donors (Lipinski definition) is 0. The van der Waals surface area contributed by atoms with Gasteiger partial charge in [0.25, 0.3) is 0 Å². The molecule has 9 nitrogen and oxygen atoms in total. The summed E-state index contributed by atoms with van der Waals surface area (Å²) in [7, 11) is 0. The SMILES string of the molecule is Cc1cccc(Oc2cccc(Oc3ccc4c5ccc(Oc6cccc(Oc7cccc(C(F)(F)F)n7)c6)cc5n(-c5ncccn5)c4c3)c2)n1. The summed E-state index contributed by atoms with van der Waals surface area (Å²) in [6.45, 7) is 1.90. The molecule has 52 heavy (non-hydrogen) atoms. The molecule has 0 spiro atoms. The lowest BCUT2D eigenvalue weighted by molar-refractivity contribution is -0.141. The van der Waals surface area contributed by atoms with E-state index in [-0.39, 0.29) is 11.6 Å². The van der Waals surface area contributed by atoms with Gasteiger partial charge < -0.3 is 18.9 Å². The second-order valence-corrected chi connectivity index (χ2v) is 11.6. The molecule has 0 bridgehead atoms. The van der Waals surface area contributed by atoms with Crippen molar-refractivity contribution in [2.75, 3.05) is 0 Å². The highest BCUT2D eigenvalue weighted by molar-refractivity contribution is 6.09. The second kappa shape index (κ2) is 13.4. The van der Waals surface area contributed by atoms with Crippen molar-refractivity contribution >= 4 is 21.8 Å². The van der Waals surface area contributed by atoms with E-state index in [4.69, 9.17) is 18.9 Å². The lowest BCUT2D eigenvalue weighted by Crippen LogP contribution is -2.07. The van der Waals surface area contributed by atoms with Crippen molar-refractivity contribution in [2.45, 2.75) is 13.1 Å². The van der Waals surface area contributed by atoms with E-state index >= 15 is 0 Å². The zero-order valence-electron chi connectivity index (χ0n) is 27.3. The predicted octanol–water partition coefficient (Wildman–Crippen LogP) is 10.9. The van der Waals surface area contributed by atoms with Crippen molar-refractivity contribution in [3.8, 4) is 52.2 Å². The third kappa shape index (κ3) is 6.90. The van der Waals surface area contributed by atoms with Gasteiger partial charge in [-0.25, -0.2) is 19.9 Å². The number of hydrogen-bond acceptors (Lipinski definition) is 8. The molecule has 0 radical (unpaired) electrons. The molecule has 4 aromatic heterocycles. The van der Waals surface area contributed by atoms with Gasteiger partial charge in [-0.05, 0) is 73.7 Å². The highest BCUT2D eigenvalue weighted by Crippen LogP contribution is 2.38. The molecule has 0 N–H and O–H groups in total. The number of aryl methyl sites for hydroxylation is 1. The first-order valence-electron chi connectivity index (χ1n) is 16.0. The Bertz CT molecular complexity index is 2560. The molecule has 0 amide bonds. The molecule has 8 aromatic rings. The monoisotopic (exact) mass is 697 g/mol. The van der Waals surface area contributed by atoms with Gasteiger partial charge in [-0.1, -0.05) is 24.3 Å². The van der Waals surface area contributed by atoms with E-state index in [9.17, 15) is 13.2 Å². The van der Waals surface area contributed by atoms with Crippen molar-refractivity contribution in [2.24, 2.45) is 0 Å². The maximum atomic E-state index is 13.2. The number of nitrogens with zero attached hydrogens (tertiary/aromatic N) is 5. The van der Waals surface area contributed by atoms with Gasteiger partial charge in [0.1, 0.15) is 40.2 Å². The molecule has 12 heteroatoms. The van der Waals surface area contributed by atoms with Gasteiger partial charge in [-0.3, -0.25) is 4.57 Å². The van der Waals surface area contributed by atoms with Gasteiger partial charge in [0.15, 0.2) is 0 Å². The summed E-state index contributed by atoms with van der Waals surface area (Å²) in [4.78, 5) is 17.1. The Morgan fingerprint density at radius 2 is 0.981 bits per heavy atom. The number of rotatable bonds is 9. The topological polar surface area (TPSA) is 93.4 Å². The molecule has 4 aromatic carbocycles. The third-order valence-corrected chi connectivity index (χ3v) is 7.87. The highest BCUT2D eigenvalue weighted by Gasteiger charge is 2.32. The Balaban J connectivity index is 1.10. The van der Waals surface area contributed by atoms with Crippen molar-refractivity contribution in [3.63, 3.8) is 0 Å². The summed E-state index contributed by atoms with van der Waals surface area (Å²) in [5.74, 6) is 3.65. The Hall–Kier alpha value is -6.95. The molecule has 0 aliphatic rings. The van der Waals surface area contributed by atoms with Crippen LogP contribution in [0.3, 0.4) is 0 Å². The molecule has 0 aliphatic carbocycles. The number of pyridine rings is 2. The smallest absolute Gasteiger partial charge is 0.433 e. The zero-order valence-corrected chi connectivity index (χ0v) is 27.3. The van der Waals surface area contributed by atoms with Crippen molar-refractivity contribution in [3.05, 3.63) is 151 Å². The second-order valence-electron chi connectivity index (χ2n) is 11.6. The average molecular weight is 698 g/mol. The normalized spacial score (nSPS) is 11.5. The number of alkyl halides is 3. The van der Waals surface area contributed by atoms with Gasteiger partial charge in [0.05, 0.1) is 11.0 Å². The first-order chi connectivity index (χ1) is 25.2. The minimum atomic E-state index is -4.59. The Kier molecular flexibility index (Phi) is 8.32. The van der Waals surface area contributed by atoms with E-state index < -0.39 is 11.9 Å². The molecule has 0 atom stereocenters. The van der Waals surface area contributed by atoms with Crippen molar-refractivity contribution < 1.29 is 32.1 Å². The Morgan fingerprint density at radius 1 is 0.500 bits per heavy atom. The van der Waals surface area contributed by atoms with Crippen LogP contribution in [0.1, 0.15) is 11.4 Å². The number of fused-ring (bicyclic) bond motifs is 3. The Labute approximate surface area is 294 Å². The highest BCUT2D eigenvalue weighted by atomic mass is 19.4. The van der Waals surface area contributed by atoms with Crippen LogP contribution in [0.15, 0.2) is 140 Å². The minimum absolute atomic E-state index is 0.190. The van der Waals surface area contributed by atoms with E-state index in [2.05, 4.69) is 19.9 Å². The van der Waals surface area contributed by atoms with E-state index in [0.29, 0.717) is 40.6 Å². The number of aromatic nitrogens is 5. The van der Waals surface area contributed by atoms with Crippen LogP contribution in [-0.4, -0.2) is 24.5 Å². The average Bonchev–Trinajstić information content (AvgIpc) is 3.45. The molecule has 0 aliphatic heterocycles.